The average molecular weight is 379 g/mol. The van der Waals surface area contributed by atoms with E-state index in [0.717, 1.165) is 24.2 Å². The Morgan fingerprint density at radius 2 is 1.88 bits per heavy atom. The first kappa shape index (κ1) is 18.8. The molecule has 1 aliphatic heterocycles. The van der Waals surface area contributed by atoms with Crippen LogP contribution in [0.1, 0.15) is 37.0 Å². The molecule has 3 rings (SSSR count). The lowest BCUT2D eigenvalue weighted by Gasteiger charge is -2.31. The lowest BCUT2D eigenvalue weighted by molar-refractivity contribution is 0.118. The average Bonchev–Trinajstić information content (AvgIpc) is 2.96. The van der Waals surface area contributed by atoms with Crippen LogP contribution in [0.15, 0.2) is 17.3 Å². The van der Waals surface area contributed by atoms with Crippen LogP contribution in [-0.2, 0) is 16.6 Å². The molecule has 8 nitrogen and oxygen atoms in total. The van der Waals surface area contributed by atoms with Gasteiger partial charge in [-0.1, -0.05) is 0 Å². The largest absolute Gasteiger partial charge is 0.459 e. The van der Waals surface area contributed by atoms with Crippen molar-refractivity contribution in [1.82, 2.24) is 23.8 Å². The maximum atomic E-state index is 12.9. The summed E-state index contributed by atoms with van der Waals surface area (Å²) in [6.45, 7) is 8.95. The zero-order valence-electron chi connectivity index (χ0n) is 15.6. The van der Waals surface area contributed by atoms with Crippen molar-refractivity contribution < 1.29 is 13.2 Å². The molecule has 1 aliphatic rings. The van der Waals surface area contributed by atoms with Crippen LogP contribution in [0.2, 0.25) is 0 Å². The molecular weight excluding hydrogens is 354 g/mol. The quantitative estimate of drug-likeness (QED) is 0.787. The standard InChI is InChI=1S/C17H25N5O3S/c1-5-21-11-16(20-14(21)4)26(23,24)22-8-6-7-15(10-22)25-17-18-12(2)9-13(3)19-17/h9,11,15H,5-8,10H2,1-4H3. The van der Waals surface area contributed by atoms with Crippen LogP contribution in [0.4, 0.5) is 0 Å². The van der Waals surface area contributed by atoms with Crippen molar-refractivity contribution in [2.75, 3.05) is 13.1 Å². The summed E-state index contributed by atoms with van der Waals surface area (Å²) >= 11 is 0. The minimum Gasteiger partial charge on any atom is -0.459 e. The van der Waals surface area contributed by atoms with Gasteiger partial charge in [0.15, 0.2) is 5.03 Å². The monoisotopic (exact) mass is 379 g/mol. The first-order chi connectivity index (χ1) is 12.3. The molecule has 0 aromatic carbocycles. The summed E-state index contributed by atoms with van der Waals surface area (Å²) in [6, 6.07) is 2.18. The molecule has 9 heteroatoms. The molecule has 1 unspecified atom stereocenters. The Bertz CT molecular complexity index is 874. The number of sulfonamides is 1. The number of hydrogen-bond donors (Lipinski definition) is 0. The van der Waals surface area contributed by atoms with Gasteiger partial charge in [-0.15, -0.1) is 0 Å². The maximum absolute atomic E-state index is 12.9. The third-order valence-corrected chi connectivity index (χ3v) is 6.21. The van der Waals surface area contributed by atoms with E-state index in [9.17, 15) is 8.42 Å². The van der Waals surface area contributed by atoms with Gasteiger partial charge in [0.2, 0.25) is 0 Å². The SMILES string of the molecule is CCn1cc(S(=O)(=O)N2CCCC(Oc3nc(C)cc(C)n3)C2)nc1C. The second-order valence-electron chi connectivity index (χ2n) is 6.59. The summed E-state index contributed by atoms with van der Waals surface area (Å²) in [4.78, 5) is 12.8. The van der Waals surface area contributed by atoms with Crippen LogP contribution in [0.5, 0.6) is 6.01 Å². The topological polar surface area (TPSA) is 90.2 Å². The lowest BCUT2D eigenvalue weighted by Crippen LogP contribution is -2.44. The Kier molecular flexibility index (Phi) is 5.29. The molecule has 0 amide bonds. The van der Waals surface area contributed by atoms with E-state index in [0.29, 0.717) is 24.9 Å². The zero-order chi connectivity index (χ0) is 18.9. The minimum atomic E-state index is -3.63. The lowest BCUT2D eigenvalue weighted by atomic mass is 10.1. The fraction of sp³-hybridized carbons (Fsp3) is 0.588. The van der Waals surface area contributed by atoms with E-state index < -0.39 is 10.0 Å². The van der Waals surface area contributed by atoms with E-state index >= 15 is 0 Å². The van der Waals surface area contributed by atoms with E-state index in [1.807, 2.05) is 38.3 Å². The highest BCUT2D eigenvalue weighted by Crippen LogP contribution is 2.22. The molecule has 1 atom stereocenters. The molecule has 26 heavy (non-hydrogen) atoms. The Hall–Kier alpha value is -2.00. The van der Waals surface area contributed by atoms with Crippen LogP contribution >= 0.6 is 0 Å². The first-order valence-electron chi connectivity index (χ1n) is 8.82. The molecule has 3 heterocycles. The van der Waals surface area contributed by atoms with Gasteiger partial charge in [0.1, 0.15) is 11.9 Å². The Balaban J connectivity index is 1.76. The summed E-state index contributed by atoms with van der Waals surface area (Å²) in [7, 11) is -3.63. The molecule has 0 N–H and O–H groups in total. The molecule has 142 valence electrons. The van der Waals surface area contributed by atoms with E-state index in [1.165, 1.54) is 4.31 Å². The van der Waals surface area contributed by atoms with Crippen LogP contribution in [0.25, 0.3) is 0 Å². The number of hydrogen-bond acceptors (Lipinski definition) is 6. The number of aryl methyl sites for hydroxylation is 4. The summed E-state index contributed by atoms with van der Waals surface area (Å²) < 4.78 is 35.0. The van der Waals surface area contributed by atoms with Crippen molar-refractivity contribution in [2.45, 2.75) is 58.2 Å². The fourth-order valence-corrected chi connectivity index (χ4v) is 4.68. The number of piperidine rings is 1. The molecule has 1 fully saturated rings. The summed E-state index contributed by atoms with van der Waals surface area (Å²) in [5.41, 5.74) is 1.65. The molecule has 0 spiro atoms. The molecule has 2 aromatic heterocycles. The summed E-state index contributed by atoms with van der Waals surface area (Å²) in [5, 5.41) is 0.0974. The molecule has 0 aliphatic carbocycles. The number of imidazole rings is 1. The normalized spacial score (nSPS) is 18.8. The van der Waals surface area contributed by atoms with Crippen molar-refractivity contribution in [3.63, 3.8) is 0 Å². The van der Waals surface area contributed by atoms with E-state index in [2.05, 4.69) is 15.0 Å². The third kappa shape index (κ3) is 3.88. The van der Waals surface area contributed by atoms with Gasteiger partial charge in [0.05, 0.1) is 6.54 Å². The van der Waals surface area contributed by atoms with Gasteiger partial charge in [-0.25, -0.2) is 23.4 Å². The van der Waals surface area contributed by atoms with Crippen LogP contribution < -0.4 is 4.74 Å². The number of aromatic nitrogens is 4. The Labute approximate surface area is 154 Å². The van der Waals surface area contributed by atoms with Crippen molar-refractivity contribution >= 4 is 10.0 Å². The van der Waals surface area contributed by atoms with Gasteiger partial charge in [-0.3, -0.25) is 0 Å². The van der Waals surface area contributed by atoms with E-state index in [4.69, 9.17) is 4.74 Å². The van der Waals surface area contributed by atoms with E-state index in [-0.39, 0.29) is 17.7 Å². The van der Waals surface area contributed by atoms with Crippen LogP contribution in [-0.4, -0.2) is 51.4 Å². The van der Waals surface area contributed by atoms with E-state index in [1.54, 1.807) is 6.20 Å². The van der Waals surface area contributed by atoms with Gasteiger partial charge >= 0.3 is 6.01 Å². The van der Waals surface area contributed by atoms with Crippen molar-refractivity contribution in [3.8, 4) is 6.01 Å². The van der Waals surface area contributed by atoms with Gasteiger partial charge < -0.3 is 9.30 Å². The van der Waals surface area contributed by atoms with Gasteiger partial charge in [0, 0.05) is 30.7 Å². The Morgan fingerprint density at radius 3 is 2.50 bits per heavy atom. The highest BCUT2D eigenvalue weighted by Gasteiger charge is 2.33. The third-order valence-electron chi connectivity index (χ3n) is 4.47. The Morgan fingerprint density at radius 1 is 1.19 bits per heavy atom. The fourth-order valence-electron chi connectivity index (χ4n) is 3.17. The summed E-state index contributed by atoms with van der Waals surface area (Å²) in [6.07, 6.45) is 2.82. The molecule has 1 saturated heterocycles. The van der Waals surface area contributed by atoms with Crippen molar-refractivity contribution in [3.05, 3.63) is 29.5 Å². The summed E-state index contributed by atoms with van der Waals surface area (Å²) in [5.74, 6) is 0.694. The molecule has 0 saturated carbocycles. The molecule has 0 radical (unpaired) electrons. The maximum Gasteiger partial charge on any atom is 0.317 e. The zero-order valence-corrected chi connectivity index (χ0v) is 16.5. The number of ether oxygens (including phenoxy) is 1. The van der Waals surface area contributed by atoms with Crippen LogP contribution in [0, 0.1) is 20.8 Å². The van der Waals surface area contributed by atoms with Crippen molar-refractivity contribution in [1.29, 1.82) is 0 Å². The number of nitrogens with zero attached hydrogens (tertiary/aromatic N) is 5. The number of rotatable bonds is 5. The first-order valence-corrected chi connectivity index (χ1v) is 10.3. The predicted molar refractivity (Wildman–Crippen MR) is 96.6 cm³/mol. The minimum absolute atomic E-state index is 0.0974. The molecule has 0 bridgehead atoms. The molecular formula is C17H25N5O3S. The predicted octanol–water partition coefficient (Wildman–Crippen LogP) is 1.85. The van der Waals surface area contributed by atoms with Gasteiger partial charge in [-0.05, 0) is 46.6 Å². The van der Waals surface area contributed by atoms with Crippen LogP contribution in [0.3, 0.4) is 0 Å². The van der Waals surface area contributed by atoms with Gasteiger partial charge in [-0.2, -0.15) is 4.31 Å². The second kappa shape index (κ2) is 7.32. The highest BCUT2D eigenvalue weighted by molar-refractivity contribution is 7.89. The van der Waals surface area contributed by atoms with Crippen molar-refractivity contribution in [2.24, 2.45) is 0 Å². The van der Waals surface area contributed by atoms with Gasteiger partial charge in [0.25, 0.3) is 10.0 Å². The smallest absolute Gasteiger partial charge is 0.317 e. The second-order valence-corrected chi connectivity index (χ2v) is 8.48. The highest BCUT2D eigenvalue weighted by atomic mass is 32.2. The molecule has 2 aromatic rings.